The molecule has 0 radical (unpaired) electrons. The Balaban J connectivity index is 1.42. The van der Waals surface area contributed by atoms with Crippen LogP contribution in [0.3, 0.4) is 0 Å². The number of carbonyl (C=O) groups is 2. The van der Waals surface area contributed by atoms with Gasteiger partial charge in [0.25, 0.3) is 0 Å². The van der Waals surface area contributed by atoms with E-state index in [2.05, 4.69) is 16.3 Å². The van der Waals surface area contributed by atoms with Crippen molar-refractivity contribution in [3.05, 3.63) is 23.3 Å². The molecule has 0 bridgehead atoms. The Kier molecular flexibility index (Phi) is 20.4. The Morgan fingerprint density at radius 1 is 0.930 bits per heavy atom. The zero-order chi connectivity index (χ0) is 52.9. The fourth-order valence-electron chi connectivity index (χ4n) is 11.7. The number of rotatable bonds is 14. The lowest BCUT2D eigenvalue weighted by atomic mass is 9.72. The molecule has 0 aromatic heterocycles. The van der Waals surface area contributed by atoms with Crippen molar-refractivity contribution in [1.29, 1.82) is 0 Å². The first-order chi connectivity index (χ1) is 33.3. The summed E-state index contributed by atoms with van der Waals surface area (Å²) in [6, 6.07) is 3.05. The standard InChI is InChI=1S/C52H90N4O15/c1-17-38-52(10,61)44(58)30(4)40(53)28(2)25-50(8,64-15)45(70-48-41(57)36(55(11)12)24-29(3)66-48)31(5)42(32(6)47(59)68-38)69-39-26-51(9,65-16)46(33(7)67-39)71-49(60)54-21-23-56-22-20-34-18-19-37(62-13)43(63-14)35(34)27-56/h18-19,28-33,36,38-42,44-46,48,57-58,61H,17,20-27,53H2,1-16H3,(H,54,60)/t28?,29?,30?,31?,32?,33?,36?,38-,39?,40?,41?,42?,44?,45?,46?,48?,50?,51?,52?/m1/s1. The van der Waals surface area contributed by atoms with Gasteiger partial charge in [-0.3, -0.25) is 9.69 Å². The van der Waals surface area contributed by atoms with Gasteiger partial charge in [-0.1, -0.05) is 33.8 Å². The molecular weight excluding hydrogens is 921 g/mol. The van der Waals surface area contributed by atoms with E-state index in [1.807, 2.05) is 59.7 Å². The average Bonchev–Trinajstić information content (AvgIpc) is 3.33. The van der Waals surface area contributed by atoms with Crippen molar-refractivity contribution in [2.24, 2.45) is 29.4 Å². The molecule has 3 fully saturated rings. The van der Waals surface area contributed by atoms with Crippen molar-refractivity contribution in [3.8, 4) is 11.5 Å². The summed E-state index contributed by atoms with van der Waals surface area (Å²) in [5.41, 5.74) is 5.04. The number of ether oxygens (including phenoxy) is 10. The molecule has 0 saturated carbocycles. The van der Waals surface area contributed by atoms with Gasteiger partial charge in [0.05, 0.1) is 56.3 Å². The highest BCUT2D eigenvalue weighted by molar-refractivity contribution is 5.73. The number of aliphatic hydroxyl groups excluding tert-OH is 2. The summed E-state index contributed by atoms with van der Waals surface area (Å²) in [5.74, 6) is -2.01. The Bertz CT molecular complexity index is 1900. The molecule has 5 rings (SSSR count). The summed E-state index contributed by atoms with van der Waals surface area (Å²) in [7, 11) is 10.2. The van der Waals surface area contributed by atoms with E-state index in [1.54, 1.807) is 49.0 Å². The quantitative estimate of drug-likeness (QED) is 0.166. The topological polar surface area (TPSA) is 232 Å². The van der Waals surface area contributed by atoms with Crippen LogP contribution in [0.2, 0.25) is 0 Å². The second-order valence-corrected chi connectivity index (χ2v) is 21.7. The zero-order valence-corrected chi connectivity index (χ0v) is 45.5. The minimum Gasteiger partial charge on any atom is -0.493 e. The maximum absolute atomic E-state index is 14.6. The van der Waals surface area contributed by atoms with Crippen molar-refractivity contribution >= 4 is 12.1 Å². The largest absolute Gasteiger partial charge is 0.493 e. The Morgan fingerprint density at radius 3 is 2.20 bits per heavy atom. The van der Waals surface area contributed by atoms with E-state index in [4.69, 9.17) is 53.1 Å². The molecule has 4 aliphatic rings. The number of nitrogens with two attached hydrogens (primary N) is 1. The number of alkyl carbamates (subject to hydrolysis) is 1. The second-order valence-electron chi connectivity index (χ2n) is 21.7. The summed E-state index contributed by atoms with van der Waals surface area (Å²) in [6.45, 7) is 20.3. The fraction of sp³-hybridized carbons (Fsp3) is 0.846. The van der Waals surface area contributed by atoms with Gasteiger partial charge in [0, 0.05) is 76.3 Å². The molecule has 71 heavy (non-hydrogen) atoms. The Morgan fingerprint density at radius 2 is 1.59 bits per heavy atom. The number of aliphatic hydroxyl groups is 3. The van der Waals surface area contributed by atoms with E-state index in [1.165, 1.54) is 19.6 Å². The lowest BCUT2D eigenvalue weighted by Gasteiger charge is -2.50. The van der Waals surface area contributed by atoms with Crippen LogP contribution >= 0.6 is 0 Å². The molecule has 19 heteroatoms. The lowest BCUT2D eigenvalue weighted by Crippen LogP contribution is -2.62. The molecule has 408 valence electrons. The van der Waals surface area contributed by atoms with Gasteiger partial charge in [-0.2, -0.15) is 0 Å². The second kappa shape index (κ2) is 24.6. The number of hydrogen-bond donors (Lipinski definition) is 5. The Labute approximate surface area is 422 Å². The number of nitrogens with one attached hydrogen (secondary N) is 1. The van der Waals surface area contributed by atoms with Gasteiger partial charge in [-0.15, -0.1) is 0 Å². The van der Waals surface area contributed by atoms with Crippen LogP contribution in [0.15, 0.2) is 12.1 Å². The van der Waals surface area contributed by atoms with Crippen LogP contribution in [0.1, 0.15) is 106 Å². The van der Waals surface area contributed by atoms with Gasteiger partial charge >= 0.3 is 12.1 Å². The summed E-state index contributed by atoms with van der Waals surface area (Å²) < 4.78 is 63.0. The summed E-state index contributed by atoms with van der Waals surface area (Å²) in [5, 5.41) is 38.4. The van der Waals surface area contributed by atoms with E-state index in [0.29, 0.717) is 44.0 Å². The fourth-order valence-corrected chi connectivity index (χ4v) is 11.7. The number of likely N-dealkylation sites (N-methyl/N-ethyl adjacent to an activating group) is 1. The third kappa shape index (κ3) is 13.1. The van der Waals surface area contributed by atoms with E-state index < -0.39 is 108 Å². The number of nitrogens with zero attached hydrogens (tertiary/aromatic N) is 2. The third-order valence-corrected chi connectivity index (χ3v) is 16.4. The number of amides is 1. The number of cyclic esters (lactones) is 1. The molecule has 18 unspecified atom stereocenters. The zero-order valence-electron chi connectivity index (χ0n) is 45.5. The van der Waals surface area contributed by atoms with Crippen LogP contribution in [0.25, 0.3) is 0 Å². The van der Waals surface area contributed by atoms with Gasteiger partial charge < -0.3 is 78.6 Å². The minimum atomic E-state index is -1.87. The van der Waals surface area contributed by atoms with Crippen LogP contribution in [-0.2, 0) is 55.7 Å². The molecule has 0 aliphatic carbocycles. The predicted octanol–water partition coefficient (Wildman–Crippen LogP) is 4.01. The number of hydrogen-bond acceptors (Lipinski definition) is 18. The summed E-state index contributed by atoms with van der Waals surface area (Å²) in [6.07, 6.45) is -8.16. The molecule has 4 heterocycles. The number of carbonyl (C=O) groups excluding carboxylic acids is 2. The van der Waals surface area contributed by atoms with Crippen molar-refractivity contribution < 1.29 is 72.3 Å². The van der Waals surface area contributed by atoms with Crippen molar-refractivity contribution in [2.45, 2.75) is 198 Å². The predicted molar refractivity (Wildman–Crippen MR) is 265 cm³/mol. The molecule has 1 aromatic carbocycles. The van der Waals surface area contributed by atoms with Crippen molar-refractivity contribution in [1.82, 2.24) is 15.1 Å². The number of benzene rings is 1. The molecule has 1 amide bonds. The first kappa shape index (κ1) is 59.0. The molecule has 19 nitrogen and oxygen atoms in total. The van der Waals surface area contributed by atoms with Crippen LogP contribution in [0.4, 0.5) is 4.79 Å². The first-order valence-corrected chi connectivity index (χ1v) is 25.6. The van der Waals surface area contributed by atoms with Gasteiger partial charge in [0.1, 0.15) is 23.4 Å². The SMILES string of the molecule is CC[C@H]1OC(=O)C(C)C(OC2CC(C)(OC)C(OC(=O)NCCN3CCc4ccc(OC)c(OC)c4C3)C(C)O2)C(C)C(OC2OC(C)CC(N(C)C)C2O)C(C)(OC)CC(C)C(N)C(C)C(O)C1(C)O. The van der Waals surface area contributed by atoms with Crippen LogP contribution in [0.5, 0.6) is 11.5 Å². The highest BCUT2D eigenvalue weighted by Gasteiger charge is 2.55. The van der Waals surface area contributed by atoms with E-state index in [0.717, 1.165) is 18.5 Å². The van der Waals surface area contributed by atoms with Gasteiger partial charge in [0.15, 0.2) is 30.2 Å². The first-order valence-electron chi connectivity index (χ1n) is 25.6. The highest BCUT2D eigenvalue weighted by atomic mass is 16.7. The molecular formula is C52H90N4O15. The molecule has 0 spiro atoms. The number of esters is 1. The van der Waals surface area contributed by atoms with E-state index >= 15 is 0 Å². The highest BCUT2D eigenvalue weighted by Crippen LogP contribution is 2.43. The van der Waals surface area contributed by atoms with Gasteiger partial charge in [-0.05, 0) is 98.9 Å². The van der Waals surface area contributed by atoms with Crippen LogP contribution in [0, 0.1) is 23.7 Å². The monoisotopic (exact) mass is 1010 g/mol. The lowest BCUT2D eigenvalue weighted by molar-refractivity contribution is -0.319. The summed E-state index contributed by atoms with van der Waals surface area (Å²) in [4.78, 5) is 32.3. The van der Waals surface area contributed by atoms with E-state index in [-0.39, 0.29) is 30.9 Å². The normalized spacial score (nSPS) is 41.1. The van der Waals surface area contributed by atoms with Gasteiger partial charge in [0.2, 0.25) is 0 Å². The molecule has 4 aliphatic heterocycles. The molecule has 1 aromatic rings. The number of methoxy groups -OCH3 is 4. The van der Waals surface area contributed by atoms with Gasteiger partial charge in [-0.25, -0.2) is 4.79 Å². The number of fused-ring (bicyclic) bond motifs is 1. The average molecular weight is 1010 g/mol. The molecule has 6 N–H and O–H groups in total. The molecule has 19 atom stereocenters. The smallest absolute Gasteiger partial charge is 0.407 e. The third-order valence-electron chi connectivity index (χ3n) is 16.4. The maximum Gasteiger partial charge on any atom is 0.407 e. The minimum absolute atomic E-state index is 0.0804. The molecule has 3 saturated heterocycles. The van der Waals surface area contributed by atoms with Crippen LogP contribution < -0.4 is 20.5 Å². The van der Waals surface area contributed by atoms with E-state index in [9.17, 15) is 24.9 Å². The Hall–Kier alpha value is -2.92. The summed E-state index contributed by atoms with van der Waals surface area (Å²) >= 11 is 0. The maximum atomic E-state index is 14.6. The van der Waals surface area contributed by atoms with Crippen molar-refractivity contribution in [2.75, 3.05) is 62.2 Å². The van der Waals surface area contributed by atoms with Crippen molar-refractivity contribution in [3.63, 3.8) is 0 Å². The van der Waals surface area contributed by atoms with Crippen LogP contribution in [-0.4, -0.2) is 190 Å².